The van der Waals surface area contributed by atoms with Crippen LogP contribution in [-0.2, 0) is 4.79 Å². The lowest BCUT2D eigenvalue weighted by Crippen LogP contribution is -2.42. The molecule has 0 heterocycles. The van der Waals surface area contributed by atoms with Crippen LogP contribution in [0.4, 0.5) is 5.69 Å². The van der Waals surface area contributed by atoms with Gasteiger partial charge >= 0.3 is 0 Å². The van der Waals surface area contributed by atoms with Crippen LogP contribution in [0.5, 0.6) is 0 Å². The Morgan fingerprint density at radius 3 is 2.48 bits per heavy atom. The zero-order chi connectivity index (χ0) is 16.8. The standard InChI is InChI=1S/C18H22ClN3O2.ClH/c19-14-6-5-12(8-13(14)17(23)21-11-3-4-11)22-18(24)15-9-1-2-10(7-9)16(15)20;/h5-6,8-11,15-16H,1-4,7,20H2,(H,21,23)(H,22,24);1H. The molecule has 7 heteroatoms. The van der Waals surface area contributed by atoms with Gasteiger partial charge in [0.05, 0.1) is 16.5 Å². The van der Waals surface area contributed by atoms with E-state index in [1.165, 1.54) is 0 Å². The average Bonchev–Trinajstić information content (AvgIpc) is 3.14. The monoisotopic (exact) mass is 383 g/mol. The van der Waals surface area contributed by atoms with Crippen LogP contribution in [0.2, 0.25) is 5.02 Å². The minimum Gasteiger partial charge on any atom is -0.349 e. The van der Waals surface area contributed by atoms with Gasteiger partial charge in [-0.25, -0.2) is 0 Å². The predicted octanol–water partition coefficient (Wildman–Crippen LogP) is 2.97. The van der Waals surface area contributed by atoms with Gasteiger partial charge in [0.1, 0.15) is 0 Å². The van der Waals surface area contributed by atoms with Crippen molar-refractivity contribution in [1.82, 2.24) is 5.32 Å². The van der Waals surface area contributed by atoms with Crippen LogP contribution in [0.15, 0.2) is 18.2 Å². The molecule has 0 spiro atoms. The van der Waals surface area contributed by atoms with Gasteiger partial charge < -0.3 is 16.4 Å². The Kier molecular flexibility index (Phi) is 5.28. The maximum absolute atomic E-state index is 12.6. The second-order valence-electron chi connectivity index (χ2n) is 7.37. The highest BCUT2D eigenvalue weighted by Crippen LogP contribution is 2.47. The van der Waals surface area contributed by atoms with E-state index in [0.29, 0.717) is 28.1 Å². The van der Waals surface area contributed by atoms with E-state index in [4.69, 9.17) is 17.3 Å². The first-order chi connectivity index (χ1) is 11.5. The van der Waals surface area contributed by atoms with Gasteiger partial charge in [0.25, 0.3) is 5.91 Å². The third kappa shape index (κ3) is 3.64. The van der Waals surface area contributed by atoms with Crippen LogP contribution in [0.1, 0.15) is 42.5 Å². The molecule has 1 aromatic carbocycles. The molecule has 0 aliphatic heterocycles. The highest BCUT2D eigenvalue weighted by molar-refractivity contribution is 6.34. The minimum atomic E-state index is -0.185. The van der Waals surface area contributed by atoms with Crippen molar-refractivity contribution < 1.29 is 9.59 Å². The van der Waals surface area contributed by atoms with Crippen LogP contribution < -0.4 is 16.4 Å². The lowest BCUT2D eigenvalue weighted by atomic mass is 9.84. The summed E-state index contributed by atoms with van der Waals surface area (Å²) in [6.07, 6.45) is 5.33. The van der Waals surface area contributed by atoms with Crippen LogP contribution in [-0.4, -0.2) is 23.9 Å². The van der Waals surface area contributed by atoms with Gasteiger partial charge in [0.2, 0.25) is 5.91 Å². The zero-order valence-corrected chi connectivity index (χ0v) is 15.4. The van der Waals surface area contributed by atoms with E-state index in [-0.39, 0.29) is 42.2 Å². The van der Waals surface area contributed by atoms with Crippen molar-refractivity contribution in [3.05, 3.63) is 28.8 Å². The molecule has 4 unspecified atom stereocenters. The van der Waals surface area contributed by atoms with Gasteiger partial charge in [0, 0.05) is 17.8 Å². The number of hydrogen-bond acceptors (Lipinski definition) is 3. The molecule has 136 valence electrons. The molecule has 3 aliphatic carbocycles. The molecule has 4 rings (SSSR count). The van der Waals surface area contributed by atoms with Gasteiger partial charge in [-0.05, 0) is 62.1 Å². The topological polar surface area (TPSA) is 84.2 Å². The van der Waals surface area contributed by atoms with E-state index in [9.17, 15) is 9.59 Å². The van der Waals surface area contributed by atoms with E-state index in [1.54, 1.807) is 18.2 Å². The largest absolute Gasteiger partial charge is 0.349 e. The van der Waals surface area contributed by atoms with Crippen molar-refractivity contribution in [3.63, 3.8) is 0 Å². The maximum atomic E-state index is 12.6. The summed E-state index contributed by atoms with van der Waals surface area (Å²) in [6, 6.07) is 5.25. The van der Waals surface area contributed by atoms with Crippen molar-refractivity contribution in [2.45, 2.75) is 44.2 Å². The Balaban J connectivity index is 0.00000182. The number of carbonyl (C=O) groups is 2. The molecule has 3 saturated carbocycles. The number of hydrogen-bond donors (Lipinski definition) is 3. The summed E-state index contributed by atoms with van der Waals surface area (Å²) in [5.74, 6) is 0.537. The van der Waals surface area contributed by atoms with Gasteiger partial charge in [-0.15, -0.1) is 12.4 Å². The normalized spacial score (nSPS) is 29.8. The summed E-state index contributed by atoms with van der Waals surface area (Å²) >= 11 is 6.14. The molecule has 3 fully saturated rings. The van der Waals surface area contributed by atoms with Crippen molar-refractivity contribution >= 4 is 41.5 Å². The Morgan fingerprint density at radius 1 is 1.12 bits per heavy atom. The summed E-state index contributed by atoms with van der Waals surface area (Å²) in [5, 5.41) is 6.24. The molecule has 0 radical (unpaired) electrons. The summed E-state index contributed by atoms with van der Waals surface area (Å²) < 4.78 is 0. The smallest absolute Gasteiger partial charge is 0.253 e. The number of nitrogens with one attached hydrogen (secondary N) is 2. The van der Waals surface area contributed by atoms with E-state index in [1.807, 2.05) is 0 Å². The summed E-state index contributed by atoms with van der Waals surface area (Å²) in [5.41, 5.74) is 7.24. The summed E-state index contributed by atoms with van der Waals surface area (Å²) in [4.78, 5) is 24.9. The average molecular weight is 384 g/mol. The molecular formula is C18H23Cl2N3O2. The molecule has 0 saturated heterocycles. The molecule has 0 aromatic heterocycles. The van der Waals surface area contributed by atoms with Crippen LogP contribution in [0, 0.1) is 17.8 Å². The van der Waals surface area contributed by atoms with Crippen LogP contribution >= 0.6 is 24.0 Å². The molecule has 25 heavy (non-hydrogen) atoms. The van der Waals surface area contributed by atoms with Crippen LogP contribution in [0.3, 0.4) is 0 Å². The van der Waals surface area contributed by atoms with E-state index >= 15 is 0 Å². The number of amides is 2. The van der Waals surface area contributed by atoms with E-state index in [0.717, 1.165) is 32.1 Å². The number of benzene rings is 1. The second-order valence-corrected chi connectivity index (χ2v) is 7.78. The van der Waals surface area contributed by atoms with Crippen LogP contribution in [0.25, 0.3) is 0 Å². The fourth-order valence-electron chi connectivity index (χ4n) is 4.22. The highest BCUT2D eigenvalue weighted by Gasteiger charge is 2.49. The van der Waals surface area contributed by atoms with Crippen molar-refractivity contribution in [1.29, 1.82) is 0 Å². The molecule has 2 bridgehead atoms. The maximum Gasteiger partial charge on any atom is 0.253 e. The number of carbonyl (C=O) groups excluding carboxylic acids is 2. The number of anilines is 1. The van der Waals surface area contributed by atoms with Crippen molar-refractivity contribution in [2.24, 2.45) is 23.5 Å². The Hall–Kier alpha value is -1.30. The first-order valence-electron chi connectivity index (χ1n) is 8.70. The molecule has 2 amide bonds. The fourth-order valence-corrected chi connectivity index (χ4v) is 4.42. The van der Waals surface area contributed by atoms with E-state index in [2.05, 4.69) is 10.6 Å². The second kappa shape index (κ2) is 7.14. The molecule has 4 N–H and O–H groups in total. The quantitative estimate of drug-likeness (QED) is 0.746. The molecule has 5 nitrogen and oxygen atoms in total. The van der Waals surface area contributed by atoms with Gasteiger partial charge in [0.15, 0.2) is 0 Å². The zero-order valence-electron chi connectivity index (χ0n) is 13.8. The lowest BCUT2D eigenvalue weighted by molar-refractivity contribution is -0.121. The van der Waals surface area contributed by atoms with Crippen molar-refractivity contribution in [2.75, 3.05) is 5.32 Å². The van der Waals surface area contributed by atoms with Gasteiger partial charge in [-0.3, -0.25) is 9.59 Å². The Bertz CT molecular complexity index is 691. The first kappa shape index (κ1) is 18.5. The number of rotatable bonds is 4. The number of halogens is 2. The van der Waals surface area contributed by atoms with Crippen molar-refractivity contribution in [3.8, 4) is 0 Å². The van der Waals surface area contributed by atoms with E-state index < -0.39 is 0 Å². The van der Waals surface area contributed by atoms with Gasteiger partial charge in [-0.2, -0.15) is 0 Å². The molecule has 3 aliphatic rings. The number of nitrogens with two attached hydrogens (primary N) is 1. The molecular weight excluding hydrogens is 361 g/mol. The molecule has 1 aromatic rings. The Morgan fingerprint density at radius 2 is 1.84 bits per heavy atom. The lowest BCUT2D eigenvalue weighted by Gasteiger charge is -2.27. The predicted molar refractivity (Wildman–Crippen MR) is 100 cm³/mol. The fraction of sp³-hybridized carbons (Fsp3) is 0.556. The SMILES string of the molecule is Cl.NC1C2CCC(C2)C1C(=O)Nc1ccc(Cl)c(C(=O)NC2CC2)c1. The highest BCUT2D eigenvalue weighted by atomic mass is 35.5. The molecule has 4 atom stereocenters. The summed E-state index contributed by atoms with van der Waals surface area (Å²) in [6.45, 7) is 0. The summed E-state index contributed by atoms with van der Waals surface area (Å²) in [7, 11) is 0. The third-order valence-electron chi connectivity index (χ3n) is 5.67. The minimum absolute atomic E-state index is 0. The number of fused-ring (bicyclic) bond motifs is 2. The third-order valence-corrected chi connectivity index (χ3v) is 6.00. The first-order valence-corrected chi connectivity index (χ1v) is 9.07. The van der Waals surface area contributed by atoms with Gasteiger partial charge in [-0.1, -0.05) is 11.6 Å². The Labute approximate surface area is 158 Å².